The summed E-state index contributed by atoms with van der Waals surface area (Å²) in [6.07, 6.45) is 0.745. The Morgan fingerprint density at radius 2 is 1.75 bits per heavy atom. The molecule has 1 amide bonds. The average Bonchev–Trinajstić information content (AvgIpc) is 2.78. The van der Waals surface area contributed by atoms with Gasteiger partial charge in [0.25, 0.3) is 5.91 Å². The lowest BCUT2D eigenvalue weighted by atomic mass is 10.0. The molecule has 0 radical (unpaired) electrons. The highest BCUT2D eigenvalue weighted by molar-refractivity contribution is 6.00. The van der Waals surface area contributed by atoms with Crippen LogP contribution in [0.3, 0.4) is 0 Å². The Labute approximate surface area is 182 Å². The van der Waals surface area contributed by atoms with Crippen molar-refractivity contribution in [1.82, 2.24) is 24.8 Å². The highest BCUT2D eigenvalue weighted by Crippen LogP contribution is 2.28. The Morgan fingerprint density at radius 3 is 2.34 bits per heavy atom. The Bertz CT molecular complexity index is 1060. The van der Waals surface area contributed by atoms with Gasteiger partial charge in [0.05, 0.1) is 11.1 Å². The molecule has 2 heterocycles. The van der Waals surface area contributed by atoms with Crippen LogP contribution in [0.25, 0.3) is 11.4 Å². The minimum absolute atomic E-state index is 0.234. The molecule has 0 aliphatic heterocycles. The number of hydrogen-bond donors (Lipinski definition) is 0. The van der Waals surface area contributed by atoms with Crippen molar-refractivity contribution in [3.05, 3.63) is 71.8 Å². The van der Waals surface area contributed by atoms with E-state index in [1.165, 1.54) is 30.6 Å². The minimum atomic E-state index is -4.49. The van der Waals surface area contributed by atoms with Gasteiger partial charge in [-0.25, -0.2) is 24.3 Å². The van der Waals surface area contributed by atoms with Crippen LogP contribution >= 0.6 is 0 Å². The number of aryl methyl sites for hydroxylation is 1. The SMILES string of the molecule is CCN(C(=O)c1ccc(F)cc1-c1ncccn1)[C@@H](C)CCc1ncc(C(F)(F)F)cn1. The Morgan fingerprint density at radius 1 is 1.09 bits per heavy atom. The van der Waals surface area contributed by atoms with Crippen LogP contribution < -0.4 is 0 Å². The molecule has 0 bridgehead atoms. The van der Waals surface area contributed by atoms with E-state index in [1.54, 1.807) is 11.0 Å². The zero-order chi connectivity index (χ0) is 23.3. The summed E-state index contributed by atoms with van der Waals surface area (Å²) in [6, 6.07) is 5.17. The monoisotopic (exact) mass is 447 g/mol. The van der Waals surface area contributed by atoms with Crippen LogP contribution in [0.5, 0.6) is 0 Å². The molecule has 0 saturated heterocycles. The smallest absolute Gasteiger partial charge is 0.336 e. The van der Waals surface area contributed by atoms with Crippen molar-refractivity contribution in [3.63, 3.8) is 0 Å². The molecule has 3 rings (SSSR count). The van der Waals surface area contributed by atoms with E-state index in [0.717, 1.165) is 12.4 Å². The highest BCUT2D eigenvalue weighted by Gasteiger charge is 2.31. The van der Waals surface area contributed by atoms with Crippen molar-refractivity contribution < 1.29 is 22.4 Å². The number of nitrogens with zero attached hydrogens (tertiary/aromatic N) is 5. The summed E-state index contributed by atoms with van der Waals surface area (Å²) in [5.74, 6) is -0.346. The molecule has 1 aromatic carbocycles. The molecule has 168 valence electrons. The standard InChI is InChI=1S/C22H21F4N5O/c1-3-31(14(2)5-8-19-29-12-15(13-30-19)22(24,25)26)21(32)17-7-6-16(23)11-18(17)20-27-9-4-10-28-20/h4,6-7,9-14H,3,5,8H2,1-2H3/t14-/m0/s1. The third kappa shape index (κ3) is 5.43. The molecule has 10 heteroatoms. The van der Waals surface area contributed by atoms with E-state index in [-0.39, 0.29) is 34.7 Å². The lowest BCUT2D eigenvalue weighted by molar-refractivity contribution is -0.138. The number of alkyl halides is 3. The van der Waals surface area contributed by atoms with Crippen LogP contribution in [0.4, 0.5) is 17.6 Å². The van der Waals surface area contributed by atoms with Gasteiger partial charge >= 0.3 is 6.18 Å². The number of carbonyl (C=O) groups excluding carboxylic acids is 1. The zero-order valence-corrected chi connectivity index (χ0v) is 17.5. The van der Waals surface area contributed by atoms with E-state index in [2.05, 4.69) is 19.9 Å². The zero-order valence-electron chi connectivity index (χ0n) is 17.5. The highest BCUT2D eigenvalue weighted by atomic mass is 19.4. The van der Waals surface area contributed by atoms with E-state index in [1.807, 2.05) is 13.8 Å². The molecule has 1 atom stereocenters. The number of aromatic nitrogens is 4. The summed E-state index contributed by atoms with van der Waals surface area (Å²) in [5.41, 5.74) is -0.365. The molecule has 6 nitrogen and oxygen atoms in total. The van der Waals surface area contributed by atoms with Gasteiger partial charge in [0.2, 0.25) is 0 Å². The summed E-state index contributed by atoms with van der Waals surface area (Å²) in [5, 5.41) is 0. The normalized spacial score (nSPS) is 12.4. The van der Waals surface area contributed by atoms with Crippen molar-refractivity contribution >= 4 is 5.91 Å². The first-order chi connectivity index (χ1) is 15.2. The molecule has 0 fully saturated rings. The number of hydrogen-bond acceptors (Lipinski definition) is 5. The van der Waals surface area contributed by atoms with Crippen molar-refractivity contribution in [2.24, 2.45) is 0 Å². The molecular weight excluding hydrogens is 426 g/mol. The first-order valence-electron chi connectivity index (χ1n) is 9.96. The molecule has 2 aromatic heterocycles. The van der Waals surface area contributed by atoms with Crippen LogP contribution in [0, 0.1) is 5.82 Å². The molecule has 0 aliphatic carbocycles. The van der Waals surface area contributed by atoms with E-state index >= 15 is 0 Å². The second kappa shape index (κ2) is 9.80. The molecule has 0 N–H and O–H groups in total. The van der Waals surface area contributed by atoms with Crippen LogP contribution in [-0.4, -0.2) is 43.3 Å². The Hall–Kier alpha value is -3.43. The van der Waals surface area contributed by atoms with E-state index in [9.17, 15) is 22.4 Å². The summed E-state index contributed by atoms with van der Waals surface area (Å²) in [7, 11) is 0. The molecule has 0 spiro atoms. The van der Waals surface area contributed by atoms with Crippen LogP contribution in [0.1, 0.15) is 42.0 Å². The van der Waals surface area contributed by atoms with Crippen molar-refractivity contribution in [2.45, 2.75) is 38.9 Å². The largest absolute Gasteiger partial charge is 0.419 e. The van der Waals surface area contributed by atoms with Crippen molar-refractivity contribution in [2.75, 3.05) is 6.54 Å². The maximum atomic E-state index is 13.9. The molecule has 0 saturated carbocycles. The molecular formula is C22H21F4N5O. The average molecular weight is 447 g/mol. The third-order valence-corrected chi connectivity index (χ3v) is 4.97. The first-order valence-corrected chi connectivity index (χ1v) is 9.96. The van der Waals surface area contributed by atoms with Crippen molar-refractivity contribution in [3.8, 4) is 11.4 Å². The minimum Gasteiger partial charge on any atom is -0.336 e. The summed E-state index contributed by atoms with van der Waals surface area (Å²) >= 11 is 0. The number of halogens is 4. The van der Waals surface area contributed by atoms with Gasteiger partial charge in [0.1, 0.15) is 11.6 Å². The van der Waals surface area contributed by atoms with Crippen LogP contribution in [0.2, 0.25) is 0 Å². The lowest BCUT2D eigenvalue weighted by Crippen LogP contribution is -2.39. The van der Waals surface area contributed by atoms with Crippen molar-refractivity contribution in [1.29, 1.82) is 0 Å². The molecule has 32 heavy (non-hydrogen) atoms. The van der Waals surface area contributed by atoms with Gasteiger partial charge in [0.15, 0.2) is 5.82 Å². The lowest BCUT2D eigenvalue weighted by Gasteiger charge is -2.29. The van der Waals surface area contributed by atoms with Crippen LogP contribution in [0.15, 0.2) is 49.1 Å². The fraction of sp³-hybridized carbons (Fsp3) is 0.318. The fourth-order valence-corrected chi connectivity index (χ4v) is 3.26. The Kier molecular flexibility index (Phi) is 7.12. The molecule has 3 aromatic rings. The third-order valence-electron chi connectivity index (χ3n) is 4.97. The predicted octanol–water partition coefficient (Wildman–Crippen LogP) is 4.57. The van der Waals surface area contributed by atoms with Gasteiger partial charge in [-0.05, 0) is 44.5 Å². The first kappa shape index (κ1) is 23.2. The van der Waals surface area contributed by atoms with E-state index in [4.69, 9.17) is 0 Å². The van der Waals surface area contributed by atoms with Gasteiger partial charge < -0.3 is 4.90 Å². The van der Waals surface area contributed by atoms with Gasteiger partial charge in [-0.1, -0.05) is 0 Å². The summed E-state index contributed by atoms with van der Waals surface area (Å²) in [4.78, 5) is 30.7. The second-order valence-electron chi connectivity index (χ2n) is 7.13. The predicted molar refractivity (Wildman–Crippen MR) is 109 cm³/mol. The topological polar surface area (TPSA) is 71.9 Å². The quantitative estimate of drug-likeness (QED) is 0.496. The molecule has 0 aliphatic rings. The maximum absolute atomic E-state index is 13.9. The fourth-order valence-electron chi connectivity index (χ4n) is 3.26. The van der Waals surface area contributed by atoms with Gasteiger partial charge in [-0.2, -0.15) is 13.2 Å². The summed E-state index contributed by atoms with van der Waals surface area (Å²) < 4.78 is 51.9. The van der Waals surface area contributed by atoms with E-state index < -0.39 is 17.6 Å². The van der Waals surface area contributed by atoms with Gasteiger partial charge in [0, 0.05) is 49.4 Å². The number of rotatable bonds is 7. The Balaban J connectivity index is 1.76. The van der Waals surface area contributed by atoms with Crippen LogP contribution in [-0.2, 0) is 12.6 Å². The number of amides is 1. The van der Waals surface area contributed by atoms with Gasteiger partial charge in [-0.3, -0.25) is 4.79 Å². The number of benzene rings is 1. The molecule has 0 unspecified atom stereocenters. The van der Waals surface area contributed by atoms with E-state index in [0.29, 0.717) is 19.4 Å². The van der Waals surface area contributed by atoms with Gasteiger partial charge in [-0.15, -0.1) is 0 Å². The maximum Gasteiger partial charge on any atom is 0.419 e. The number of carbonyl (C=O) groups is 1. The second-order valence-corrected chi connectivity index (χ2v) is 7.13. The summed E-state index contributed by atoms with van der Waals surface area (Å²) in [6.45, 7) is 4.01.